The Balaban J connectivity index is 1.45. The van der Waals surface area contributed by atoms with E-state index in [9.17, 15) is 14.4 Å². The molecule has 0 bridgehead atoms. The molecule has 48 heavy (non-hydrogen) atoms. The standard InChI is InChI=1S/C37H37N3O6S2/c1-4-44-29-21-24(13-18-28(29)46-23-31(41)39-19-9-10-20-39)22-30-35(42)40-34(26-14-16-27(47-3)17-15-26)32(36(43)45-5-2)33(38-37(40)48-30)25-11-7-6-8-12-25/h6-8,11-18,21-22,34H,4-5,9-10,19-20,23H2,1-3H3/b30-22+/t34-/m1/s1. The average molecular weight is 684 g/mol. The fourth-order valence-corrected chi connectivity index (χ4v) is 7.30. The van der Waals surface area contributed by atoms with E-state index in [0.717, 1.165) is 47.5 Å². The summed E-state index contributed by atoms with van der Waals surface area (Å²) >= 11 is 2.87. The van der Waals surface area contributed by atoms with Gasteiger partial charge in [0.05, 0.1) is 35.1 Å². The number of aromatic nitrogens is 1. The molecule has 4 aromatic rings. The molecule has 1 amide bonds. The minimum Gasteiger partial charge on any atom is -0.490 e. The maximum absolute atomic E-state index is 14.3. The summed E-state index contributed by atoms with van der Waals surface area (Å²) in [5.74, 6) is 0.377. The van der Waals surface area contributed by atoms with E-state index in [4.69, 9.17) is 19.2 Å². The lowest BCUT2D eigenvalue weighted by molar-refractivity contribution is -0.139. The fraction of sp³-hybridized carbons (Fsp3) is 0.297. The highest BCUT2D eigenvalue weighted by Gasteiger charge is 2.35. The molecule has 0 spiro atoms. The van der Waals surface area contributed by atoms with Crippen molar-refractivity contribution in [2.24, 2.45) is 4.99 Å². The number of thiazole rings is 1. The number of nitrogens with zero attached hydrogens (tertiary/aromatic N) is 3. The summed E-state index contributed by atoms with van der Waals surface area (Å²) in [5, 5.41) is 0. The lowest BCUT2D eigenvalue weighted by Gasteiger charge is -2.26. The van der Waals surface area contributed by atoms with Crippen LogP contribution in [-0.2, 0) is 14.3 Å². The quantitative estimate of drug-likeness (QED) is 0.161. The Bertz CT molecular complexity index is 2010. The SMILES string of the molecule is CCOC(=O)C1=C(c2ccccc2)N=c2s/c(=C/c3ccc(OCC(=O)N4CCCC4)c(OCC)c3)c(=O)n2[C@@H]1c1ccc(SC)cc1. The number of hydrogen-bond acceptors (Lipinski definition) is 9. The molecule has 1 atom stereocenters. The molecule has 0 N–H and O–H groups in total. The normalized spacial score (nSPS) is 16.0. The summed E-state index contributed by atoms with van der Waals surface area (Å²) in [6.45, 7) is 5.67. The molecule has 1 saturated heterocycles. The van der Waals surface area contributed by atoms with Crippen LogP contribution in [0.5, 0.6) is 11.5 Å². The summed E-state index contributed by atoms with van der Waals surface area (Å²) in [7, 11) is 0. The monoisotopic (exact) mass is 683 g/mol. The van der Waals surface area contributed by atoms with Gasteiger partial charge in [0.2, 0.25) is 0 Å². The topological polar surface area (TPSA) is 99.4 Å². The highest BCUT2D eigenvalue weighted by atomic mass is 32.2. The largest absolute Gasteiger partial charge is 0.490 e. The van der Waals surface area contributed by atoms with Gasteiger partial charge in [-0.15, -0.1) is 11.8 Å². The third-order valence-corrected chi connectivity index (χ3v) is 9.91. The molecule has 248 valence electrons. The highest BCUT2D eigenvalue weighted by Crippen LogP contribution is 2.36. The number of benzene rings is 3. The predicted octanol–water partition coefficient (Wildman–Crippen LogP) is 5.06. The van der Waals surface area contributed by atoms with E-state index in [1.807, 2.05) is 78.7 Å². The second-order valence-corrected chi connectivity index (χ2v) is 13.1. The number of ether oxygens (including phenoxy) is 3. The molecule has 1 aromatic heterocycles. The molecular formula is C37H37N3O6S2. The van der Waals surface area contributed by atoms with E-state index in [-0.39, 0.29) is 24.7 Å². The van der Waals surface area contributed by atoms with Gasteiger partial charge in [0, 0.05) is 23.5 Å². The Kier molecular flexibility index (Phi) is 10.5. The smallest absolute Gasteiger partial charge is 0.338 e. The number of hydrogen-bond donors (Lipinski definition) is 0. The second kappa shape index (κ2) is 15.1. The number of amides is 1. The Morgan fingerprint density at radius 1 is 0.958 bits per heavy atom. The van der Waals surface area contributed by atoms with E-state index in [1.165, 1.54) is 11.3 Å². The maximum Gasteiger partial charge on any atom is 0.338 e. The van der Waals surface area contributed by atoms with Crippen molar-refractivity contribution in [3.05, 3.63) is 115 Å². The Morgan fingerprint density at radius 3 is 2.40 bits per heavy atom. The van der Waals surface area contributed by atoms with Crippen molar-refractivity contribution in [1.82, 2.24) is 9.47 Å². The Labute approximate surface area is 287 Å². The third kappa shape index (κ3) is 6.97. The van der Waals surface area contributed by atoms with Gasteiger partial charge in [-0.05, 0) is 74.4 Å². The number of likely N-dealkylation sites (tertiary alicyclic amines) is 1. The van der Waals surface area contributed by atoms with Crippen LogP contribution in [0.2, 0.25) is 0 Å². The van der Waals surface area contributed by atoms with Gasteiger partial charge < -0.3 is 19.1 Å². The first-order chi connectivity index (χ1) is 23.4. The van der Waals surface area contributed by atoms with Crippen molar-refractivity contribution in [3.63, 3.8) is 0 Å². The summed E-state index contributed by atoms with van der Waals surface area (Å²) < 4.78 is 19.4. The molecule has 11 heteroatoms. The van der Waals surface area contributed by atoms with Gasteiger partial charge in [0.15, 0.2) is 22.9 Å². The van der Waals surface area contributed by atoms with Gasteiger partial charge in [0.1, 0.15) is 0 Å². The van der Waals surface area contributed by atoms with E-state index in [2.05, 4.69) is 0 Å². The number of rotatable bonds is 11. The number of esters is 1. The van der Waals surface area contributed by atoms with Crippen molar-refractivity contribution in [2.75, 3.05) is 39.2 Å². The van der Waals surface area contributed by atoms with E-state index >= 15 is 0 Å². The van der Waals surface area contributed by atoms with E-state index in [1.54, 1.807) is 41.5 Å². The first-order valence-corrected chi connectivity index (χ1v) is 18.1. The fourth-order valence-electron chi connectivity index (χ4n) is 5.89. The van der Waals surface area contributed by atoms with Crippen LogP contribution in [0.15, 0.2) is 93.1 Å². The second-order valence-electron chi connectivity index (χ2n) is 11.2. The number of fused-ring (bicyclic) bond motifs is 1. The zero-order valence-corrected chi connectivity index (χ0v) is 28.8. The van der Waals surface area contributed by atoms with Gasteiger partial charge in [-0.2, -0.15) is 0 Å². The highest BCUT2D eigenvalue weighted by molar-refractivity contribution is 7.98. The molecule has 0 unspecified atom stereocenters. The van der Waals surface area contributed by atoms with Gasteiger partial charge in [-0.3, -0.25) is 14.2 Å². The third-order valence-electron chi connectivity index (χ3n) is 8.18. The molecule has 3 heterocycles. The maximum atomic E-state index is 14.3. The minimum absolute atomic E-state index is 0.0464. The number of carbonyl (C=O) groups excluding carboxylic acids is 2. The molecule has 2 aliphatic rings. The summed E-state index contributed by atoms with van der Waals surface area (Å²) in [4.78, 5) is 48.8. The van der Waals surface area contributed by atoms with Crippen molar-refractivity contribution in [1.29, 1.82) is 0 Å². The molecule has 1 fully saturated rings. The van der Waals surface area contributed by atoms with Gasteiger partial charge in [-0.25, -0.2) is 9.79 Å². The average Bonchev–Trinajstić information content (AvgIpc) is 3.76. The molecule has 0 saturated carbocycles. The van der Waals surface area contributed by atoms with Crippen LogP contribution >= 0.6 is 23.1 Å². The van der Waals surface area contributed by atoms with Crippen LogP contribution in [0.25, 0.3) is 11.8 Å². The number of carbonyl (C=O) groups is 2. The van der Waals surface area contributed by atoms with Crippen molar-refractivity contribution >= 4 is 46.7 Å². The van der Waals surface area contributed by atoms with Crippen LogP contribution in [-0.4, -0.2) is 60.5 Å². The van der Waals surface area contributed by atoms with Gasteiger partial charge in [-0.1, -0.05) is 59.9 Å². The van der Waals surface area contributed by atoms with Crippen LogP contribution in [0.3, 0.4) is 0 Å². The van der Waals surface area contributed by atoms with Crippen molar-refractivity contribution in [2.45, 2.75) is 37.6 Å². The first kappa shape index (κ1) is 33.3. The van der Waals surface area contributed by atoms with Gasteiger partial charge in [0.25, 0.3) is 11.5 Å². The predicted molar refractivity (Wildman–Crippen MR) is 188 cm³/mol. The van der Waals surface area contributed by atoms with E-state index < -0.39 is 12.0 Å². The van der Waals surface area contributed by atoms with Crippen LogP contribution in [0.1, 0.15) is 49.4 Å². The summed E-state index contributed by atoms with van der Waals surface area (Å²) in [6, 6.07) is 22.0. The first-order valence-electron chi connectivity index (χ1n) is 16.0. The molecule has 0 radical (unpaired) electrons. The van der Waals surface area contributed by atoms with Crippen molar-refractivity contribution < 1.29 is 23.8 Å². The van der Waals surface area contributed by atoms with Gasteiger partial charge >= 0.3 is 5.97 Å². The molecule has 9 nitrogen and oxygen atoms in total. The molecular weight excluding hydrogens is 647 g/mol. The van der Waals surface area contributed by atoms with E-state index in [0.29, 0.717) is 38.7 Å². The lowest BCUT2D eigenvalue weighted by Crippen LogP contribution is -2.40. The van der Waals surface area contributed by atoms with Crippen LogP contribution < -0.4 is 24.4 Å². The van der Waals surface area contributed by atoms with Crippen LogP contribution in [0, 0.1) is 0 Å². The molecule has 2 aliphatic heterocycles. The number of thioether (sulfide) groups is 1. The Hall–Kier alpha value is -4.61. The Morgan fingerprint density at radius 2 is 1.71 bits per heavy atom. The minimum atomic E-state index is -0.753. The van der Waals surface area contributed by atoms with Crippen LogP contribution in [0.4, 0.5) is 0 Å². The van der Waals surface area contributed by atoms with Crippen molar-refractivity contribution in [3.8, 4) is 11.5 Å². The molecule has 0 aliphatic carbocycles. The molecule has 3 aromatic carbocycles. The summed E-state index contributed by atoms with van der Waals surface area (Å²) in [6.07, 6.45) is 5.81. The zero-order chi connectivity index (χ0) is 33.6. The summed E-state index contributed by atoms with van der Waals surface area (Å²) in [5.41, 5.74) is 2.75. The molecule has 6 rings (SSSR count). The zero-order valence-electron chi connectivity index (χ0n) is 27.1. The lowest BCUT2D eigenvalue weighted by atomic mass is 9.93.